The van der Waals surface area contributed by atoms with Crippen LogP contribution >= 0.6 is 7.82 Å². The van der Waals surface area contributed by atoms with E-state index in [1.54, 1.807) is 0 Å². The number of carbonyl (C=O) groups is 1. The van der Waals surface area contributed by atoms with Gasteiger partial charge in [-0.05, 0) is 51.4 Å². The fourth-order valence-corrected chi connectivity index (χ4v) is 6.52. The average molecular weight is 783 g/mol. The topological polar surface area (TPSA) is 91.3 Å². The van der Waals surface area contributed by atoms with Gasteiger partial charge in [0.05, 0.1) is 34.4 Å². The number of phosphoric acid groups is 1. The summed E-state index contributed by atoms with van der Waals surface area (Å²) in [4.78, 5) is 22.8. The summed E-state index contributed by atoms with van der Waals surface area (Å²) >= 11 is 0. The second-order valence-corrected chi connectivity index (χ2v) is 17.2. The van der Waals surface area contributed by atoms with Crippen LogP contribution in [0.15, 0.2) is 48.6 Å². The molecule has 2 unspecified atom stereocenters. The van der Waals surface area contributed by atoms with Crippen LogP contribution in [0.3, 0.4) is 0 Å². The first kappa shape index (κ1) is 52.5. The monoisotopic (exact) mass is 783 g/mol. The third-order valence-corrected chi connectivity index (χ3v) is 10.1. The van der Waals surface area contributed by atoms with Gasteiger partial charge < -0.3 is 18.9 Å². The van der Waals surface area contributed by atoms with Gasteiger partial charge in [0.15, 0.2) is 0 Å². The highest BCUT2D eigenvalue weighted by molar-refractivity contribution is 7.47. The zero-order valence-corrected chi connectivity index (χ0v) is 36.6. The molecule has 0 amide bonds. The molecule has 0 aromatic rings. The number of phosphoric ester groups is 1. The number of allylic oxidation sites excluding steroid dienone is 8. The van der Waals surface area contributed by atoms with E-state index in [1.165, 1.54) is 96.3 Å². The number of esters is 1. The molecule has 1 N–H and O–H groups in total. The van der Waals surface area contributed by atoms with Crippen LogP contribution in [-0.2, 0) is 27.9 Å². The summed E-state index contributed by atoms with van der Waals surface area (Å²) in [5, 5.41) is 0. The fraction of sp³-hybridized carbons (Fsp3) is 0.800. The number of hydrogen-bond donors (Lipinski definition) is 1. The second kappa shape index (κ2) is 38.3. The van der Waals surface area contributed by atoms with Crippen LogP contribution in [0.2, 0.25) is 0 Å². The third kappa shape index (κ3) is 41.6. The summed E-state index contributed by atoms with van der Waals surface area (Å²) in [6.45, 7) is 5.46. The highest BCUT2D eigenvalue weighted by atomic mass is 31.2. The van der Waals surface area contributed by atoms with Crippen molar-refractivity contribution in [2.24, 2.45) is 0 Å². The SMILES string of the molecule is CC/C=C\C/C=C\C/C=C\C/C=C\CCCCC(=O)OC(COCCCCCCCCCCCCCCCCCCC)COP(=O)(O)OCC[N+](C)(C)C. The Morgan fingerprint density at radius 2 is 1.07 bits per heavy atom. The van der Waals surface area contributed by atoms with Crippen LogP contribution in [0.25, 0.3) is 0 Å². The van der Waals surface area contributed by atoms with Crippen molar-refractivity contribution < 1.29 is 37.3 Å². The lowest BCUT2D eigenvalue weighted by Gasteiger charge is -2.24. The van der Waals surface area contributed by atoms with E-state index >= 15 is 0 Å². The zero-order chi connectivity index (χ0) is 39.9. The van der Waals surface area contributed by atoms with Crippen LogP contribution in [-0.4, -0.2) is 75.6 Å². The van der Waals surface area contributed by atoms with Gasteiger partial charge in [-0.15, -0.1) is 0 Å². The Labute approximate surface area is 333 Å². The summed E-state index contributed by atoms with van der Waals surface area (Å²) in [6.07, 6.45) is 45.8. The van der Waals surface area contributed by atoms with Crippen LogP contribution < -0.4 is 0 Å². The van der Waals surface area contributed by atoms with Gasteiger partial charge in [0.1, 0.15) is 19.3 Å². The van der Waals surface area contributed by atoms with Crippen molar-refractivity contribution in [3.63, 3.8) is 0 Å². The van der Waals surface area contributed by atoms with E-state index in [4.69, 9.17) is 18.5 Å². The number of rotatable bonds is 40. The Balaban J connectivity index is 4.28. The van der Waals surface area contributed by atoms with Crippen LogP contribution in [0.5, 0.6) is 0 Å². The molecule has 0 aliphatic rings. The Kier molecular flexibility index (Phi) is 37.2. The largest absolute Gasteiger partial charge is 0.472 e. The number of likely N-dealkylation sites (N-methyl/N-ethyl adjacent to an activating group) is 1. The van der Waals surface area contributed by atoms with E-state index in [-0.39, 0.29) is 32.2 Å². The lowest BCUT2D eigenvalue weighted by molar-refractivity contribution is -0.870. The van der Waals surface area contributed by atoms with Crippen molar-refractivity contribution in [3.8, 4) is 0 Å². The van der Waals surface area contributed by atoms with Gasteiger partial charge in [-0.1, -0.05) is 165 Å². The Hall–Kier alpha value is -1.54. The maximum atomic E-state index is 12.7. The molecule has 0 saturated heterocycles. The lowest BCUT2D eigenvalue weighted by atomic mass is 10.0. The summed E-state index contributed by atoms with van der Waals surface area (Å²) < 4.78 is 34.9. The summed E-state index contributed by atoms with van der Waals surface area (Å²) in [5.74, 6) is -0.353. The minimum Gasteiger partial charge on any atom is -0.457 e. The maximum Gasteiger partial charge on any atom is 0.472 e. The van der Waals surface area contributed by atoms with E-state index in [2.05, 4.69) is 62.5 Å². The van der Waals surface area contributed by atoms with Gasteiger partial charge in [-0.3, -0.25) is 13.8 Å². The normalized spacial score (nSPS) is 14.3. The molecule has 0 saturated carbocycles. The minimum atomic E-state index is -4.28. The second-order valence-electron chi connectivity index (χ2n) is 15.7. The average Bonchev–Trinajstić information content (AvgIpc) is 3.12. The quantitative estimate of drug-likeness (QED) is 0.0218. The van der Waals surface area contributed by atoms with Crippen molar-refractivity contribution in [1.29, 1.82) is 0 Å². The first-order valence-electron chi connectivity index (χ1n) is 21.9. The molecule has 2 atom stereocenters. The molecule has 0 heterocycles. The molecule has 0 aromatic heterocycles. The molecule has 0 fully saturated rings. The van der Waals surface area contributed by atoms with E-state index in [9.17, 15) is 14.3 Å². The van der Waals surface area contributed by atoms with Crippen molar-refractivity contribution in [1.82, 2.24) is 0 Å². The molecule has 54 heavy (non-hydrogen) atoms. The fourth-order valence-electron chi connectivity index (χ4n) is 5.78. The molecule has 0 rings (SSSR count). The van der Waals surface area contributed by atoms with E-state index in [0.717, 1.165) is 51.4 Å². The standard InChI is InChI=1S/C45H84NO7P/c1-6-8-10-12-14-16-18-20-22-23-25-27-29-31-33-35-37-40-50-42-44(43-52-54(48,49)51-41-39-46(3,4)5)53-45(47)38-36-34-32-30-28-26-24-21-19-17-15-13-11-9-7-2/h9,11,15,17,21,24,28,30,44H,6-8,10,12-14,16,18-20,22-23,25-27,29,31-43H2,1-5H3/p+1/b11-9-,17-15-,24-21-,30-28-. The van der Waals surface area contributed by atoms with Gasteiger partial charge >= 0.3 is 13.8 Å². The third-order valence-electron chi connectivity index (χ3n) is 9.15. The molecule has 9 heteroatoms. The first-order valence-corrected chi connectivity index (χ1v) is 23.4. The lowest BCUT2D eigenvalue weighted by Crippen LogP contribution is -2.37. The van der Waals surface area contributed by atoms with Gasteiger partial charge in [0.2, 0.25) is 0 Å². The Morgan fingerprint density at radius 3 is 1.57 bits per heavy atom. The minimum absolute atomic E-state index is 0.0802. The van der Waals surface area contributed by atoms with E-state index in [0.29, 0.717) is 24.1 Å². The van der Waals surface area contributed by atoms with E-state index in [1.807, 2.05) is 21.1 Å². The van der Waals surface area contributed by atoms with Gasteiger partial charge in [-0.25, -0.2) is 4.57 Å². The molecule has 0 radical (unpaired) electrons. The molecule has 0 spiro atoms. The van der Waals surface area contributed by atoms with Crippen molar-refractivity contribution in [3.05, 3.63) is 48.6 Å². The van der Waals surface area contributed by atoms with Crippen LogP contribution in [0, 0.1) is 0 Å². The smallest absolute Gasteiger partial charge is 0.457 e. The van der Waals surface area contributed by atoms with Gasteiger partial charge in [0, 0.05) is 13.0 Å². The number of hydrogen-bond acceptors (Lipinski definition) is 6. The summed E-state index contributed by atoms with van der Waals surface area (Å²) in [7, 11) is 1.64. The number of unbranched alkanes of at least 4 members (excludes halogenated alkanes) is 18. The Bertz CT molecular complexity index is 1000. The number of nitrogens with zero attached hydrogens (tertiary/aromatic N) is 1. The van der Waals surface area contributed by atoms with Gasteiger partial charge in [0.25, 0.3) is 0 Å². The van der Waals surface area contributed by atoms with Crippen molar-refractivity contribution in [2.75, 3.05) is 54.1 Å². The van der Waals surface area contributed by atoms with E-state index < -0.39 is 13.9 Å². The van der Waals surface area contributed by atoms with Crippen LogP contribution in [0.4, 0.5) is 0 Å². The highest BCUT2D eigenvalue weighted by Gasteiger charge is 2.26. The first-order chi connectivity index (χ1) is 26.1. The maximum absolute atomic E-state index is 12.7. The molecule has 0 bridgehead atoms. The Morgan fingerprint density at radius 1 is 0.593 bits per heavy atom. The zero-order valence-electron chi connectivity index (χ0n) is 35.7. The molecule has 0 aliphatic carbocycles. The number of quaternary nitrogens is 1. The number of ether oxygens (including phenoxy) is 2. The van der Waals surface area contributed by atoms with Crippen molar-refractivity contribution in [2.45, 2.75) is 180 Å². The highest BCUT2D eigenvalue weighted by Crippen LogP contribution is 2.43. The van der Waals surface area contributed by atoms with Crippen molar-refractivity contribution >= 4 is 13.8 Å². The molecule has 316 valence electrons. The summed E-state index contributed by atoms with van der Waals surface area (Å²) in [5.41, 5.74) is 0. The molecule has 8 nitrogen and oxygen atoms in total. The molecule has 0 aromatic carbocycles. The predicted octanol–water partition coefficient (Wildman–Crippen LogP) is 12.8. The molecule has 0 aliphatic heterocycles. The molecular weight excluding hydrogens is 697 g/mol. The van der Waals surface area contributed by atoms with Crippen LogP contribution in [0.1, 0.15) is 174 Å². The summed E-state index contributed by atoms with van der Waals surface area (Å²) in [6, 6.07) is 0. The van der Waals surface area contributed by atoms with Gasteiger partial charge in [-0.2, -0.15) is 0 Å². The molecular formula is C45H85NO7P+. The predicted molar refractivity (Wildman–Crippen MR) is 229 cm³/mol. The number of carbonyl (C=O) groups excluding carboxylic acids is 1.